The second-order valence-electron chi connectivity index (χ2n) is 9.09. The lowest BCUT2D eigenvalue weighted by molar-refractivity contribution is -0.139. The number of piperidine rings is 1. The maximum Gasteiger partial charge on any atom is 0.408 e. The van der Waals surface area contributed by atoms with Gasteiger partial charge in [0.05, 0.1) is 5.60 Å². The highest BCUT2D eigenvalue weighted by molar-refractivity contribution is 5.86. The quantitative estimate of drug-likeness (QED) is 0.826. The Labute approximate surface area is 168 Å². The van der Waals surface area contributed by atoms with Crippen molar-refractivity contribution in [2.24, 2.45) is 5.92 Å². The van der Waals surface area contributed by atoms with Crippen molar-refractivity contribution in [3.05, 3.63) is 35.4 Å². The van der Waals surface area contributed by atoms with Crippen LogP contribution in [0.4, 0.5) is 4.79 Å². The third-order valence-corrected chi connectivity index (χ3v) is 5.10. The molecule has 6 nitrogen and oxygen atoms in total. The van der Waals surface area contributed by atoms with Crippen LogP contribution in [0.1, 0.15) is 58.6 Å². The number of hydrogen-bond acceptors (Lipinski definition) is 4. The van der Waals surface area contributed by atoms with Crippen LogP contribution in [-0.2, 0) is 15.1 Å². The summed E-state index contributed by atoms with van der Waals surface area (Å²) in [4.78, 5) is 26.9. The van der Waals surface area contributed by atoms with Gasteiger partial charge in [0.1, 0.15) is 11.6 Å². The molecular formula is C22H34N2O4. The van der Waals surface area contributed by atoms with Crippen LogP contribution in [0.2, 0.25) is 0 Å². The molecule has 1 aliphatic heterocycles. The highest BCUT2D eigenvalue weighted by Crippen LogP contribution is 2.33. The van der Waals surface area contributed by atoms with Gasteiger partial charge in [-0.15, -0.1) is 0 Å². The van der Waals surface area contributed by atoms with Crippen molar-refractivity contribution in [3.63, 3.8) is 0 Å². The SMILES string of the molecule is Cc1ccc(C2(O)CCN(C(=O)[C@H](NC(=O)OC(C)(C)C)C(C)C)CC2)cc1. The number of ether oxygens (including phenoxy) is 1. The fourth-order valence-corrected chi connectivity index (χ4v) is 3.39. The van der Waals surface area contributed by atoms with Gasteiger partial charge in [0.2, 0.25) is 5.91 Å². The van der Waals surface area contributed by atoms with Gasteiger partial charge in [-0.25, -0.2) is 4.79 Å². The molecule has 1 aromatic carbocycles. The van der Waals surface area contributed by atoms with Gasteiger partial charge in [0, 0.05) is 13.1 Å². The van der Waals surface area contributed by atoms with Gasteiger partial charge in [-0.1, -0.05) is 43.7 Å². The number of likely N-dealkylation sites (tertiary alicyclic amines) is 1. The molecule has 1 aliphatic rings. The van der Waals surface area contributed by atoms with Crippen molar-refractivity contribution < 1.29 is 19.4 Å². The molecule has 2 amide bonds. The summed E-state index contributed by atoms with van der Waals surface area (Å²) in [5.41, 5.74) is 0.492. The largest absolute Gasteiger partial charge is 0.444 e. The summed E-state index contributed by atoms with van der Waals surface area (Å²) >= 11 is 0. The molecule has 0 saturated carbocycles. The topological polar surface area (TPSA) is 78.9 Å². The Morgan fingerprint density at radius 1 is 1.14 bits per heavy atom. The van der Waals surface area contributed by atoms with Crippen LogP contribution in [0.15, 0.2) is 24.3 Å². The van der Waals surface area contributed by atoms with Crippen LogP contribution in [-0.4, -0.2) is 46.7 Å². The van der Waals surface area contributed by atoms with Crippen LogP contribution in [0.25, 0.3) is 0 Å². The van der Waals surface area contributed by atoms with Gasteiger partial charge < -0.3 is 20.1 Å². The average molecular weight is 391 g/mol. The zero-order valence-electron chi connectivity index (χ0n) is 17.9. The number of aliphatic hydroxyl groups is 1. The summed E-state index contributed by atoms with van der Waals surface area (Å²) in [6.07, 6.45) is 0.352. The summed E-state index contributed by atoms with van der Waals surface area (Å²) in [6.45, 7) is 12.1. The minimum Gasteiger partial charge on any atom is -0.444 e. The van der Waals surface area contributed by atoms with Gasteiger partial charge in [-0.05, 0) is 52.0 Å². The first kappa shape index (κ1) is 22.2. The number of carbonyl (C=O) groups is 2. The molecule has 2 N–H and O–H groups in total. The molecule has 1 atom stereocenters. The van der Waals surface area contributed by atoms with Crippen LogP contribution in [0.3, 0.4) is 0 Å². The van der Waals surface area contributed by atoms with E-state index in [2.05, 4.69) is 5.32 Å². The number of benzene rings is 1. The lowest BCUT2D eigenvalue weighted by Crippen LogP contribution is -2.55. The lowest BCUT2D eigenvalue weighted by Gasteiger charge is -2.40. The molecular weight excluding hydrogens is 356 g/mol. The third-order valence-electron chi connectivity index (χ3n) is 5.10. The molecule has 0 spiro atoms. The van der Waals surface area contributed by atoms with E-state index in [0.29, 0.717) is 25.9 Å². The van der Waals surface area contributed by atoms with Crippen molar-refractivity contribution in [3.8, 4) is 0 Å². The second-order valence-corrected chi connectivity index (χ2v) is 9.09. The molecule has 0 aromatic heterocycles. The molecule has 156 valence electrons. The molecule has 1 heterocycles. The molecule has 28 heavy (non-hydrogen) atoms. The standard InChI is InChI=1S/C22H34N2O4/c1-15(2)18(23-20(26)28-21(4,5)6)19(25)24-13-11-22(27,12-14-24)17-9-7-16(3)8-10-17/h7-10,15,18,27H,11-14H2,1-6H3,(H,23,26)/t18-/m1/s1. The van der Waals surface area contributed by atoms with Gasteiger partial charge in [0.15, 0.2) is 0 Å². The van der Waals surface area contributed by atoms with E-state index in [1.165, 1.54) is 0 Å². The van der Waals surface area contributed by atoms with Gasteiger partial charge in [0.25, 0.3) is 0 Å². The number of amides is 2. The maximum atomic E-state index is 13.0. The Morgan fingerprint density at radius 3 is 2.14 bits per heavy atom. The molecule has 0 unspecified atom stereocenters. The van der Waals surface area contributed by atoms with Crippen molar-refractivity contribution in [2.75, 3.05) is 13.1 Å². The van der Waals surface area contributed by atoms with Crippen LogP contribution >= 0.6 is 0 Å². The molecule has 0 radical (unpaired) electrons. The first-order valence-corrected chi connectivity index (χ1v) is 9.99. The number of aryl methyl sites for hydroxylation is 1. The van der Waals surface area contributed by atoms with Crippen LogP contribution in [0.5, 0.6) is 0 Å². The van der Waals surface area contributed by atoms with E-state index in [0.717, 1.165) is 11.1 Å². The monoisotopic (exact) mass is 390 g/mol. The fourth-order valence-electron chi connectivity index (χ4n) is 3.39. The summed E-state index contributed by atoms with van der Waals surface area (Å²) in [5.74, 6) is -0.204. The first-order chi connectivity index (χ1) is 12.9. The number of carbonyl (C=O) groups excluding carboxylic acids is 2. The molecule has 1 saturated heterocycles. The summed E-state index contributed by atoms with van der Waals surface area (Å²) in [7, 11) is 0. The van der Waals surface area contributed by atoms with E-state index in [1.807, 2.05) is 45.0 Å². The van der Waals surface area contributed by atoms with E-state index in [1.54, 1.807) is 25.7 Å². The van der Waals surface area contributed by atoms with E-state index in [-0.39, 0.29) is 11.8 Å². The van der Waals surface area contributed by atoms with Gasteiger partial charge >= 0.3 is 6.09 Å². The number of nitrogens with one attached hydrogen (secondary N) is 1. The second kappa shape index (κ2) is 8.52. The minimum absolute atomic E-state index is 0.0714. The Morgan fingerprint density at radius 2 is 1.68 bits per heavy atom. The number of rotatable bonds is 4. The van der Waals surface area contributed by atoms with Crippen molar-refractivity contribution in [1.82, 2.24) is 10.2 Å². The lowest BCUT2D eigenvalue weighted by atomic mass is 9.84. The number of nitrogens with zero attached hydrogens (tertiary/aromatic N) is 1. The van der Waals surface area contributed by atoms with Crippen LogP contribution < -0.4 is 5.32 Å². The summed E-state index contributed by atoms with van der Waals surface area (Å²) < 4.78 is 5.30. The first-order valence-electron chi connectivity index (χ1n) is 9.99. The number of alkyl carbamates (subject to hydrolysis) is 1. The molecule has 1 fully saturated rings. The Hall–Kier alpha value is -2.08. The highest BCUT2D eigenvalue weighted by Gasteiger charge is 2.38. The normalized spacial score (nSPS) is 17.9. The van der Waals surface area contributed by atoms with Crippen molar-refractivity contribution >= 4 is 12.0 Å². The van der Waals surface area contributed by atoms with Gasteiger partial charge in [-0.3, -0.25) is 4.79 Å². The number of hydrogen-bond donors (Lipinski definition) is 2. The molecule has 0 bridgehead atoms. The summed E-state index contributed by atoms with van der Waals surface area (Å²) in [5, 5.41) is 13.7. The Kier molecular flexibility index (Phi) is 6.75. The average Bonchev–Trinajstić information content (AvgIpc) is 2.58. The zero-order chi connectivity index (χ0) is 21.1. The Balaban J connectivity index is 2.01. The van der Waals surface area contributed by atoms with E-state index in [4.69, 9.17) is 4.74 Å². The predicted molar refractivity (Wildman–Crippen MR) is 109 cm³/mol. The Bertz CT molecular complexity index is 683. The van der Waals surface area contributed by atoms with Crippen LogP contribution in [0, 0.1) is 12.8 Å². The third kappa shape index (κ3) is 5.71. The molecule has 2 rings (SSSR count). The summed E-state index contributed by atoms with van der Waals surface area (Å²) in [6, 6.07) is 7.23. The smallest absolute Gasteiger partial charge is 0.408 e. The van der Waals surface area contributed by atoms with E-state index < -0.39 is 23.3 Å². The van der Waals surface area contributed by atoms with E-state index >= 15 is 0 Å². The van der Waals surface area contributed by atoms with E-state index in [9.17, 15) is 14.7 Å². The fraction of sp³-hybridized carbons (Fsp3) is 0.636. The zero-order valence-corrected chi connectivity index (χ0v) is 17.9. The van der Waals surface area contributed by atoms with Gasteiger partial charge in [-0.2, -0.15) is 0 Å². The minimum atomic E-state index is -0.920. The highest BCUT2D eigenvalue weighted by atomic mass is 16.6. The van der Waals surface area contributed by atoms with Crippen molar-refractivity contribution in [1.29, 1.82) is 0 Å². The molecule has 0 aliphatic carbocycles. The molecule has 6 heteroatoms. The van der Waals surface area contributed by atoms with Crippen molar-refractivity contribution in [2.45, 2.75) is 71.6 Å². The predicted octanol–water partition coefficient (Wildman–Crippen LogP) is 3.35. The molecule has 1 aromatic rings. The maximum absolute atomic E-state index is 13.0.